The Morgan fingerprint density at radius 3 is 2.44 bits per heavy atom. The van der Waals surface area contributed by atoms with Crippen molar-refractivity contribution in [1.29, 1.82) is 0 Å². The molecular formula is C26H36N6O7. The number of aromatic nitrogens is 1. The van der Waals surface area contributed by atoms with E-state index in [2.05, 4.69) is 9.98 Å². The van der Waals surface area contributed by atoms with Gasteiger partial charge in [-0.15, -0.1) is 0 Å². The summed E-state index contributed by atoms with van der Waals surface area (Å²) in [6.07, 6.45) is 4.71. The molecule has 1 saturated carbocycles. The predicted molar refractivity (Wildman–Crippen MR) is 139 cm³/mol. The Labute approximate surface area is 225 Å². The van der Waals surface area contributed by atoms with Gasteiger partial charge in [-0.3, -0.25) is 20.3 Å². The Bertz CT molecular complexity index is 1120. The summed E-state index contributed by atoms with van der Waals surface area (Å²) in [6.45, 7) is 0.0600. The molecule has 9 N–H and O–H groups in total. The first kappa shape index (κ1) is 29.6. The summed E-state index contributed by atoms with van der Waals surface area (Å²) in [6, 6.07) is 7.65. The van der Waals surface area contributed by atoms with Crippen LogP contribution in [0.5, 0.6) is 0 Å². The van der Waals surface area contributed by atoms with Crippen LogP contribution in [0.1, 0.15) is 55.9 Å². The van der Waals surface area contributed by atoms with Gasteiger partial charge in [-0.1, -0.05) is 30.3 Å². The molecule has 0 bridgehead atoms. The second-order valence-corrected chi connectivity index (χ2v) is 9.65. The van der Waals surface area contributed by atoms with Crippen LogP contribution in [0.4, 0.5) is 0 Å². The van der Waals surface area contributed by atoms with Crippen LogP contribution in [-0.4, -0.2) is 52.3 Å². The number of carbonyl (C=O) groups is 3. The zero-order chi connectivity index (χ0) is 28.4. The van der Waals surface area contributed by atoms with Gasteiger partial charge in [-0.2, -0.15) is 0 Å². The second-order valence-electron chi connectivity index (χ2n) is 9.65. The molecule has 3 rings (SSSR count). The second kappa shape index (κ2) is 13.7. The molecule has 0 spiro atoms. The van der Waals surface area contributed by atoms with Crippen molar-refractivity contribution in [3.05, 3.63) is 54.2 Å². The molecule has 0 amide bonds. The third kappa shape index (κ3) is 8.26. The van der Waals surface area contributed by atoms with Crippen LogP contribution < -0.4 is 22.9 Å². The topological polar surface area (TPSA) is 232 Å². The molecule has 0 aliphatic heterocycles. The Morgan fingerprint density at radius 1 is 1.15 bits per heavy atom. The Hall–Kier alpha value is -3.97. The number of ether oxygens (including phenoxy) is 2. The van der Waals surface area contributed by atoms with Gasteiger partial charge < -0.3 is 36.2 Å². The first-order valence-electron chi connectivity index (χ1n) is 12.8. The van der Waals surface area contributed by atoms with Crippen molar-refractivity contribution < 1.29 is 33.4 Å². The molecule has 1 aliphatic carbocycles. The molecule has 1 heterocycles. The molecule has 0 saturated heterocycles. The van der Waals surface area contributed by atoms with E-state index in [0.717, 1.165) is 5.56 Å². The standard InChI is InChI=1S/C26H36N6O7/c27-20(19(21-31-13-14-37-21)17-7-9-18(10-8-17)22(33)34)23(35)39-26(30,11-4-12-32-25(28)29)24(36)38-15-16-5-2-1-3-6-16/h1-3,5-6,13-14,17-20H,4,7-12,15,27,30H2,(H,33,34)(H4,28,29,32). The number of carboxylic acids is 1. The molecule has 1 aromatic heterocycles. The molecule has 1 fully saturated rings. The van der Waals surface area contributed by atoms with Gasteiger partial charge in [0.15, 0.2) is 11.9 Å². The number of oxazole rings is 1. The highest BCUT2D eigenvalue weighted by Crippen LogP contribution is 2.40. The maximum atomic E-state index is 13.4. The zero-order valence-electron chi connectivity index (χ0n) is 21.6. The van der Waals surface area contributed by atoms with Gasteiger partial charge in [-0.05, 0) is 43.6 Å². The summed E-state index contributed by atoms with van der Waals surface area (Å²) in [5, 5.41) is 9.35. The fourth-order valence-electron chi connectivity index (χ4n) is 4.76. The number of aliphatic imine (C=N–C) groups is 1. The Kier molecular flexibility index (Phi) is 10.4. The number of benzene rings is 1. The minimum atomic E-state index is -2.16. The van der Waals surface area contributed by atoms with Crippen molar-refractivity contribution >= 4 is 23.9 Å². The van der Waals surface area contributed by atoms with Gasteiger partial charge >= 0.3 is 17.9 Å². The maximum absolute atomic E-state index is 13.4. The van der Waals surface area contributed by atoms with Gasteiger partial charge in [0.2, 0.25) is 0 Å². The van der Waals surface area contributed by atoms with Gasteiger partial charge in [0.25, 0.3) is 5.72 Å². The number of hydrogen-bond donors (Lipinski definition) is 5. The smallest absolute Gasteiger partial charge is 0.366 e. The van der Waals surface area contributed by atoms with Crippen LogP contribution in [0.3, 0.4) is 0 Å². The fourth-order valence-corrected chi connectivity index (χ4v) is 4.76. The molecule has 3 unspecified atom stereocenters. The van der Waals surface area contributed by atoms with E-state index >= 15 is 0 Å². The molecule has 2 aromatic rings. The minimum absolute atomic E-state index is 0.0815. The van der Waals surface area contributed by atoms with Crippen molar-refractivity contribution in [3.8, 4) is 0 Å². The fraction of sp³-hybridized carbons (Fsp3) is 0.500. The Morgan fingerprint density at radius 2 is 1.85 bits per heavy atom. The lowest BCUT2D eigenvalue weighted by Crippen LogP contribution is -2.56. The molecule has 0 radical (unpaired) electrons. The number of rotatable bonds is 13. The largest absolute Gasteiger partial charge is 0.481 e. The molecule has 1 aromatic carbocycles. The number of carbonyl (C=O) groups excluding carboxylic acids is 2. The SMILES string of the molecule is NC(N)=NCCCC(N)(OC(=O)C(N)C(c1ncco1)C1CCC(C(=O)O)CC1)C(=O)OCc1ccccc1. The van der Waals surface area contributed by atoms with Crippen LogP contribution in [0.15, 0.2) is 52.2 Å². The molecule has 13 heteroatoms. The molecule has 39 heavy (non-hydrogen) atoms. The van der Waals surface area contributed by atoms with Gasteiger partial charge in [0, 0.05) is 13.0 Å². The highest BCUT2D eigenvalue weighted by atomic mass is 16.6. The lowest BCUT2D eigenvalue weighted by atomic mass is 9.73. The van der Waals surface area contributed by atoms with Crippen LogP contribution in [-0.2, 0) is 30.5 Å². The summed E-state index contributed by atoms with van der Waals surface area (Å²) in [5.41, 5.74) is 22.0. The monoisotopic (exact) mass is 544 g/mol. The third-order valence-corrected chi connectivity index (χ3v) is 6.87. The van der Waals surface area contributed by atoms with E-state index in [0.29, 0.717) is 25.7 Å². The average molecular weight is 545 g/mol. The number of hydrogen-bond acceptors (Lipinski definition) is 10. The van der Waals surface area contributed by atoms with Crippen LogP contribution >= 0.6 is 0 Å². The average Bonchev–Trinajstić information content (AvgIpc) is 3.45. The number of aliphatic carboxylic acids is 1. The van der Waals surface area contributed by atoms with E-state index < -0.39 is 41.5 Å². The Balaban J connectivity index is 1.76. The molecule has 3 atom stereocenters. The van der Waals surface area contributed by atoms with Crippen molar-refractivity contribution in [3.63, 3.8) is 0 Å². The molecule has 212 valence electrons. The third-order valence-electron chi connectivity index (χ3n) is 6.87. The van der Waals surface area contributed by atoms with E-state index in [9.17, 15) is 19.5 Å². The van der Waals surface area contributed by atoms with E-state index in [-0.39, 0.29) is 43.8 Å². The van der Waals surface area contributed by atoms with Crippen LogP contribution in [0.2, 0.25) is 0 Å². The quantitative estimate of drug-likeness (QED) is 0.0780. The first-order chi connectivity index (χ1) is 18.6. The van der Waals surface area contributed by atoms with Crippen LogP contribution in [0, 0.1) is 11.8 Å². The number of esters is 2. The summed E-state index contributed by atoms with van der Waals surface area (Å²) in [7, 11) is 0. The van der Waals surface area contributed by atoms with Crippen molar-refractivity contribution in [1.82, 2.24) is 4.98 Å². The molecular weight excluding hydrogens is 508 g/mol. The maximum Gasteiger partial charge on any atom is 0.366 e. The van der Waals surface area contributed by atoms with Crippen LogP contribution in [0.25, 0.3) is 0 Å². The van der Waals surface area contributed by atoms with E-state index in [4.69, 9.17) is 36.8 Å². The lowest BCUT2D eigenvalue weighted by Gasteiger charge is -2.34. The summed E-state index contributed by atoms with van der Waals surface area (Å²) in [4.78, 5) is 45.9. The molecule has 13 nitrogen and oxygen atoms in total. The highest BCUT2D eigenvalue weighted by Gasteiger charge is 2.45. The number of carboxylic acid groups (broad SMARTS) is 1. The highest BCUT2D eigenvalue weighted by molar-refractivity contribution is 5.85. The summed E-state index contributed by atoms with van der Waals surface area (Å²) >= 11 is 0. The van der Waals surface area contributed by atoms with Gasteiger partial charge in [0.1, 0.15) is 18.9 Å². The van der Waals surface area contributed by atoms with E-state index in [1.54, 1.807) is 24.3 Å². The van der Waals surface area contributed by atoms with Crippen molar-refractivity contribution in [2.75, 3.05) is 6.54 Å². The number of nitrogens with zero attached hydrogens (tertiary/aromatic N) is 2. The summed E-state index contributed by atoms with van der Waals surface area (Å²) < 4.78 is 16.4. The van der Waals surface area contributed by atoms with E-state index in [1.807, 2.05) is 6.07 Å². The predicted octanol–water partition coefficient (Wildman–Crippen LogP) is 0.972. The number of guanidine groups is 1. The van der Waals surface area contributed by atoms with Crippen molar-refractivity contribution in [2.45, 2.75) is 62.8 Å². The van der Waals surface area contributed by atoms with Gasteiger partial charge in [-0.25, -0.2) is 9.78 Å². The zero-order valence-corrected chi connectivity index (χ0v) is 21.6. The minimum Gasteiger partial charge on any atom is -0.481 e. The lowest BCUT2D eigenvalue weighted by molar-refractivity contribution is -0.186. The van der Waals surface area contributed by atoms with Crippen molar-refractivity contribution in [2.24, 2.45) is 39.8 Å². The number of nitrogens with two attached hydrogens (primary N) is 4. The first-order valence-corrected chi connectivity index (χ1v) is 12.8. The molecule has 1 aliphatic rings. The summed E-state index contributed by atoms with van der Waals surface area (Å²) in [5.74, 6) is -4.03. The van der Waals surface area contributed by atoms with E-state index in [1.165, 1.54) is 12.5 Å². The van der Waals surface area contributed by atoms with Gasteiger partial charge in [0.05, 0.1) is 18.0 Å². The normalized spacial score (nSPS) is 20.2.